The molecule has 1 heterocycles. The molecular formula is C25H17N3O7. The van der Waals surface area contributed by atoms with Gasteiger partial charge < -0.3 is 4.74 Å². The Labute approximate surface area is 198 Å². The monoisotopic (exact) mass is 471 g/mol. The van der Waals surface area contributed by atoms with Crippen LogP contribution in [0.15, 0.2) is 78.4 Å². The molecule has 1 fully saturated rings. The highest BCUT2D eigenvalue weighted by molar-refractivity contribution is 6.39. The molecule has 0 saturated carbocycles. The Balaban J connectivity index is 1.65. The molecule has 1 N–H and O–H groups in total. The zero-order valence-electron chi connectivity index (χ0n) is 18.3. The second kappa shape index (κ2) is 9.40. The van der Waals surface area contributed by atoms with Crippen LogP contribution in [0.4, 0.5) is 16.2 Å². The number of anilines is 1. The van der Waals surface area contributed by atoms with Crippen molar-refractivity contribution in [1.29, 1.82) is 0 Å². The van der Waals surface area contributed by atoms with Gasteiger partial charge in [-0.2, -0.15) is 0 Å². The Morgan fingerprint density at radius 1 is 0.971 bits per heavy atom. The maximum absolute atomic E-state index is 13.2. The molecule has 10 heteroatoms. The summed E-state index contributed by atoms with van der Waals surface area (Å²) >= 11 is 0. The summed E-state index contributed by atoms with van der Waals surface area (Å²) in [6.45, 7) is 1.72. The normalized spacial score (nSPS) is 14.6. The van der Waals surface area contributed by atoms with E-state index in [0.717, 1.165) is 4.90 Å². The van der Waals surface area contributed by atoms with E-state index in [2.05, 4.69) is 5.32 Å². The fourth-order valence-electron chi connectivity index (χ4n) is 3.42. The minimum Gasteiger partial charge on any atom is -0.422 e. The number of ether oxygens (including phenoxy) is 1. The van der Waals surface area contributed by atoms with E-state index in [-0.39, 0.29) is 28.1 Å². The van der Waals surface area contributed by atoms with Crippen LogP contribution in [0.25, 0.3) is 6.08 Å². The molecular weight excluding hydrogens is 454 g/mol. The highest BCUT2D eigenvalue weighted by atomic mass is 16.6. The number of benzene rings is 3. The Bertz CT molecular complexity index is 1410. The van der Waals surface area contributed by atoms with Crippen molar-refractivity contribution in [2.45, 2.75) is 6.92 Å². The molecule has 10 nitrogen and oxygen atoms in total. The van der Waals surface area contributed by atoms with Crippen LogP contribution in [0.3, 0.4) is 0 Å². The van der Waals surface area contributed by atoms with E-state index in [1.165, 1.54) is 42.5 Å². The van der Waals surface area contributed by atoms with E-state index in [1.54, 1.807) is 43.3 Å². The molecule has 1 saturated heterocycles. The molecule has 3 aromatic rings. The second-order valence-corrected chi connectivity index (χ2v) is 7.48. The number of barbiturate groups is 1. The van der Waals surface area contributed by atoms with Gasteiger partial charge in [0, 0.05) is 17.7 Å². The lowest BCUT2D eigenvalue weighted by Gasteiger charge is -2.27. The van der Waals surface area contributed by atoms with Crippen LogP contribution in [0.5, 0.6) is 5.75 Å². The van der Waals surface area contributed by atoms with Gasteiger partial charge >= 0.3 is 12.0 Å². The van der Waals surface area contributed by atoms with Gasteiger partial charge in [0.2, 0.25) is 0 Å². The third-order valence-corrected chi connectivity index (χ3v) is 5.19. The zero-order valence-corrected chi connectivity index (χ0v) is 18.3. The Kier molecular flexibility index (Phi) is 6.19. The van der Waals surface area contributed by atoms with Crippen LogP contribution in [0.1, 0.15) is 21.5 Å². The van der Waals surface area contributed by atoms with Crippen molar-refractivity contribution in [3.63, 3.8) is 0 Å². The van der Waals surface area contributed by atoms with Crippen LogP contribution in [0.2, 0.25) is 0 Å². The lowest BCUT2D eigenvalue weighted by atomic mass is 10.0. The molecule has 0 aromatic heterocycles. The molecule has 0 radical (unpaired) electrons. The van der Waals surface area contributed by atoms with Crippen molar-refractivity contribution in [2.75, 3.05) is 4.90 Å². The van der Waals surface area contributed by atoms with Crippen molar-refractivity contribution in [2.24, 2.45) is 0 Å². The van der Waals surface area contributed by atoms with Crippen molar-refractivity contribution < 1.29 is 28.8 Å². The lowest BCUT2D eigenvalue weighted by molar-refractivity contribution is -0.384. The average molecular weight is 471 g/mol. The number of non-ortho nitro benzene ring substituents is 1. The first-order valence-electron chi connectivity index (χ1n) is 10.3. The minimum atomic E-state index is -0.888. The summed E-state index contributed by atoms with van der Waals surface area (Å²) in [6, 6.07) is 16.9. The number of esters is 1. The van der Waals surface area contributed by atoms with E-state index < -0.39 is 28.7 Å². The quantitative estimate of drug-likeness (QED) is 0.149. The maximum Gasteiger partial charge on any atom is 0.343 e. The third kappa shape index (κ3) is 4.67. The van der Waals surface area contributed by atoms with E-state index >= 15 is 0 Å². The number of hydrogen-bond donors (Lipinski definition) is 1. The SMILES string of the molecule is Cc1ccccc1N1C(=O)NC(=O)/C(=C/c2ccccc2OC(=O)c2ccc([N+](=O)[O-])cc2)C1=O. The zero-order chi connectivity index (χ0) is 25.1. The molecule has 0 unspecified atom stereocenters. The van der Waals surface area contributed by atoms with Gasteiger partial charge in [0.15, 0.2) is 0 Å². The Morgan fingerprint density at radius 3 is 2.31 bits per heavy atom. The molecule has 1 aliphatic heterocycles. The number of para-hydroxylation sites is 2. The van der Waals surface area contributed by atoms with E-state index in [4.69, 9.17) is 4.74 Å². The topological polar surface area (TPSA) is 136 Å². The van der Waals surface area contributed by atoms with Crippen LogP contribution in [-0.4, -0.2) is 28.7 Å². The summed E-state index contributed by atoms with van der Waals surface area (Å²) in [7, 11) is 0. The van der Waals surface area contributed by atoms with Crippen LogP contribution < -0.4 is 15.0 Å². The molecule has 0 bridgehead atoms. The number of rotatable bonds is 5. The molecule has 4 rings (SSSR count). The number of amides is 4. The fourth-order valence-corrected chi connectivity index (χ4v) is 3.42. The third-order valence-electron chi connectivity index (χ3n) is 5.19. The van der Waals surface area contributed by atoms with Crippen molar-refractivity contribution in [1.82, 2.24) is 5.32 Å². The lowest BCUT2D eigenvalue weighted by Crippen LogP contribution is -2.54. The van der Waals surface area contributed by atoms with Crippen molar-refractivity contribution in [3.8, 4) is 5.75 Å². The molecule has 0 aliphatic carbocycles. The summed E-state index contributed by atoms with van der Waals surface area (Å²) in [6.07, 6.45) is 1.23. The van der Waals surface area contributed by atoms with E-state index in [1.807, 2.05) is 0 Å². The van der Waals surface area contributed by atoms with Gasteiger partial charge in [0.1, 0.15) is 11.3 Å². The second-order valence-electron chi connectivity index (χ2n) is 7.48. The molecule has 4 amide bonds. The Hall–Kier alpha value is -5.12. The van der Waals surface area contributed by atoms with Crippen molar-refractivity contribution >= 4 is 41.3 Å². The summed E-state index contributed by atoms with van der Waals surface area (Å²) in [4.78, 5) is 61.8. The van der Waals surface area contributed by atoms with Crippen molar-refractivity contribution in [3.05, 3.63) is 105 Å². The first-order valence-corrected chi connectivity index (χ1v) is 10.3. The number of aryl methyl sites for hydroxylation is 1. The van der Waals surface area contributed by atoms with Gasteiger partial charge in [0.25, 0.3) is 17.5 Å². The summed E-state index contributed by atoms with van der Waals surface area (Å²) in [5, 5.41) is 13.0. The molecule has 1 aliphatic rings. The smallest absolute Gasteiger partial charge is 0.343 e. The number of nitro benzene ring substituents is 1. The predicted octanol–water partition coefficient (Wildman–Crippen LogP) is 3.79. The van der Waals surface area contributed by atoms with Crippen LogP contribution in [0, 0.1) is 17.0 Å². The number of carbonyl (C=O) groups is 4. The number of nitrogens with one attached hydrogen (secondary N) is 1. The molecule has 35 heavy (non-hydrogen) atoms. The van der Waals surface area contributed by atoms with Gasteiger partial charge in [0.05, 0.1) is 16.2 Å². The van der Waals surface area contributed by atoms with Gasteiger partial charge in [-0.05, 0) is 42.8 Å². The molecule has 0 atom stereocenters. The first kappa shape index (κ1) is 23.1. The molecule has 0 spiro atoms. The van der Waals surface area contributed by atoms with Gasteiger partial charge in [-0.1, -0.05) is 36.4 Å². The molecule has 3 aromatic carbocycles. The number of imide groups is 2. The number of hydrogen-bond acceptors (Lipinski definition) is 7. The number of urea groups is 1. The maximum atomic E-state index is 13.2. The first-order chi connectivity index (χ1) is 16.8. The summed E-state index contributed by atoms with van der Waals surface area (Å²) in [5.74, 6) is -2.46. The van der Waals surface area contributed by atoms with E-state index in [9.17, 15) is 29.3 Å². The van der Waals surface area contributed by atoms with Crippen LogP contribution >= 0.6 is 0 Å². The van der Waals surface area contributed by atoms with Gasteiger partial charge in [-0.3, -0.25) is 25.0 Å². The summed E-state index contributed by atoms with van der Waals surface area (Å²) < 4.78 is 5.42. The largest absolute Gasteiger partial charge is 0.422 e. The summed E-state index contributed by atoms with van der Waals surface area (Å²) in [5.41, 5.74) is 0.780. The predicted molar refractivity (Wildman–Crippen MR) is 125 cm³/mol. The minimum absolute atomic E-state index is 0.0447. The fraction of sp³-hybridized carbons (Fsp3) is 0.0400. The average Bonchev–Trinajstić information content (AvgIpc) is 2.83. The van der Waals surface area contributed by atoms with Gasteiger partial charge in [-0.25, -0.2) is 14.5 Å². The number of carbonyl (C=O) groups excluding carboxylic acids is 4. The Morgan fingerprint density at radius 2 is 1.63 bits per heavy atom. The number of nitrogens with zero attached hydrogens (tertiary/aromatic N) is 2. The van der Waals surface area contributed by atoms with Gasteiger partial charge in [-0.15, -0.1) is 0 Å². The van der Waals surface area contributed by atoms with Crippen LogP contribution in [-0.2, 0) is 9.59 Å². The highest BCUT2D eigenvalue weighted by Gasteiger charge is 2.37. The van der Waals surface area contributed by atoms with E-state index in [0.29, 0.717) is 11.3 Å². The highest BCUT2D eigenvalue weighted by Crippen LogP contribution is 2.27. The molecule has 174 valence electrons. The number of nitro groups is 1. The standard InChI is InChI=1S/C25H17N3O7/c1-15-6-2-4-8-20(15)27-23(30)19(22(29)26-25(27)32)14-17-7-3-5-9-21(17)35-24(31)16-10-12-18(13-11-16)28(33)34/h2-14H,1H3,(H,26,29,32)/b19-14-.